The van der Waals surface area contributed by atoms with Gasteiger partial charge in [0.05, 0.1) is 0 Å². The maximum atomic E-state index is 2.38. The van der Waals surface area contributed by atoms with Gasteiger partial charge in [-0.25, -0.2) is 0 Å². The molecule has 0 aromatic heterocycles. The molecule has 88 valence electrons. The lowest BCUT2D eigenvalue weighted by Crippen LogP contribution is -2.18. The average Bonchev–Trinajstić information content (AvgIpc) is 2.06. The smallest absolute Gasteiger partial charge is 0.0391 e. The molecule has 0 aliphatic heterocycles. The molecule has 0 aromatic rings. The molecule has 0 radical (unpaired) electrons. The van der Waals surface area contributed by atoms with Crippen LogP contribution in [0.2, 0.25) is 0 Å². The van der Waals surface area contributed by atoms with Crippen molar-refractivity contribution >= 4 is 0 Å². The standard InChI is InChI=1S/C12H24.2CH4/c1-4-5-11-6-8-12(9-7-11)10(2)3;;/h10-12H,4-9H2,1-3H3;2*1H4. The van der Waals surface area contributed by atoms with E-state index in [1.165, 1.54) is 38.5 Å². The topological polar surface area (TPSA) is 0 Å². The fraction of sp³-hybridized carbons (Fsp3) is 1.00. The Morgan fingerprint density at radius 3 is 1.86 bits per heavy atom. The quantitative estimate of drug-likeness (QED) is 0.562. The molecule has 0 heterocycles. The molecule has 0 amide bonds. The van der Waals surface area contributed by atoms with Crippen LogP contribution in [0.5, 0.6) is 0 Å². The molecule has 0 unspecified atom stereocenters. The minimum Gasteiger partial charge on any atom is -0.0776 e. The Bertz CT molecular complexity index is 107. The van der Waals surface area contributed by atoms with Gasteiger partial charge in [0.1, 0.15) is 0 Å². The highest BCUT2D eigenvalue weighted by molar-refractivity contribution is 4.73. The predicted molar refractivity (Wildman–Crippen MR) is 68.7 cm³/mol. The van der Waals surface area contributed by atoms with Crippen LogP contribution < -0.4 is 0 Å². The van der Waals surface area contributed by atoms with Crippen LogP contribution in [0.25, 0.3) is 0 Å². The summed E-state index contributed by atoms with van der Waals surface area (Å²) < 4.78 is 0. The third-order valence-corrected chi connectivity index (χ3v) is 3.53. The molecule has 0 atom stereocenters. The van der Waals surface area contributed by atoms with Crippen molar-refractivity contribution in [3.05, 3.63) is 0 Å². The second-order valence-electron chi connectivity index (χ2n) is 4.81. The zero-order valence-corrected chi connectivity index (χ0v) is 8.97. The van der Waals surface area contributed by atoms with Crippen LogP contribution in [0.15, 0.2) is 0 Å². The van der Waals surface area contributed by atoms with Gasteiger partial charge >= 0.3 is 0 Å². The Kier molecular flexibility index (Phi) is 9.76. The third-order valence-electron chi connectivity index (χ3n) is 3.53. The molecule has 0 heteroatoms. The fourth-order valence-electron chi connectivity index (χ4n) is 2.55. The molecule has 0 nitrogen and oxygen atoms in total. The van der Waals surface area contributed by atoms with Gasteiger partial charge in [-0.1, -0.05) is 61.3 Å². The van der Waals surface area contributed by atoms with Crippen LogP contribution >= 0.6 is 0 Å². The van der Waals surface area contributed by atoms with Gasteiger partial charge in [-0.05, 0) is 30.6 Å². The summed E-state index contributed by atoms with van der Waals surface area (Å²) in [5.41, 5.74) is 0. The molecule has 1 fully saturated rings. The molecule has 14 heavy (non-hydrogen) atoms. The molecule has 0 saturated heterocycles. The molecule has 1 rings (SSSR count). The minimum atomic E-state index is 0. The molecule has 1 saturated carbocycles. The van der Waals surface area contributed by atoms with E-state index in [4.69, 9.17) is 0 Å². The Morgan fingerprint density at radius 1 is 1.00 bits per heavy atom. The first kappa shape index (κ1) is 16.4. The van der Waals surface area contributed by atoms with E-state index in [-0.39, 0.29) is 14.9 Å². The van der Waals surface area contributed by atoms with Crippen molar-refractivity contribution in [1.82, 2.24) is 0 Å². The number of hydrogen-bond acceptors (Lipinski definition) is 0. The highest BCUT2D eigenvalue weighted by Crippen LogP contribution is 2.34. The molecule has 1 aliphatic rings. The lowest BCUT2D eigenvalue weighted by molar-refractivity contribution is 0.216. The Labute approximate surface area is 92.5 Å². The Hall–Kier alpha value is 0. The molecule has 0 spiro atoms. The van der Waals surface area contributed by atoms with Crippen molar-refractivity contribution in [3.8, 4) is 0 Å². The van der Waals surface area contributed by atoms with Crippen LogP contribution in [0.4, 0.5) is 0 Å². The van der Waals surface area contributed by atoms with Gasteiger partial charge in [0, 0.05) is 0 Å². The molecule has 1 aliphatic carbocycles. The summed E-state index contributed by atoms with van der Waals surface area (Å²) in [6.45, 7) is 7.07. The van der Waals surface area contributed by atoms with Crippen molar-refractivity contribution in [2.75, 3.05) is 0 Å². The van der Waals surface area contributed by atoms with Crippen LogP contribution in [-0.2, 0) is 0 Å². The normalized spacial score (nSPS) is 26.6. The number of rotatable bonds is 3. The van der Waals surface area contributed by atoms with Crippen molar-refractivity contribution in [1.29, 1.82) is 0 Å². The van der Waals surface area contributed by atoms with E-state index in [1.807, 2.05) is 0 Å². The number of hydrogen-bond donors (Lipinski definition) is 0. The van der Waals surface area contributed by atoms with Gasteiger partial charge in [-0.3, -0.25) is 0 Å². The van der Waals surface area contributed by atoms with Crippen LogP contribution in [-0.4, -0.2) is 0 Å². The minimum absolute atomic E-state index is 0. The highest BCUT2D eigenvalue weighted by Gasteiger charge is 2.22. The summed E-state index contributed by atoms with van der Waals surface area (Å²) in [5, 5.41) is 0. The molecule has 0 aromatic carbocycles. The van der Waals surface area contributed by atoms with E-state index in [2.05, 4.69) is 20.8 Å². The van der Waals surface area contributed by atoms with E-state index in [0.717, 1.165) is 17.8 Å². The zero-order chi connectivity index (χ0) is 8.97. The van der Waals surface area contributed by atoms with Gasteiger partial charge in [0.25, 0.3) is 0 Å². The van der Waals surface area contributed by atoms with Crippen molar-refractivity contribution < 1.29 is 0 Å². The van der Waals surface area contributed by atoms with E-state index < -0.39 is 0 Å². The summed E-state index contributed by atoms with van der Waals surface area (Å²) in [5.74, 6) is 3.04. The van der Waals surface area contributed by atoms with Crippen LogP contribution in [0, 0.1) is 17.8 Å². The van der Waals surface area contributed by atoms with Crippen molar-refractivity contribution in [3.63, 3.8) is 0 Å². The van der Waals surface area contributed by atoms with Crippen LogP contribution in [0.1, 0.15) is 74.1 Å². The SMILES string of the molecule is C.C.CCCC1CCC(C(C)C)CC1. The summed E-state index contributed by atoms with van der Waals surface area (Å²) in [6, 6.07) is 0. The zero-order valence-electron chi connectivity index (χ0n) is 8.97. The van der Waals surface area contributed by atoms with Gasteiger partial charge in [0.2, 0.25) is 0 Å². The summed E-state index contributed by atoms with van der Waals surface area (Å²) >= 11 is 0. The lowest BCUT2D eigenvalue weighted by atomic mass is 9.76. The van der Waals surface area contributed by atoms with Gasteiger partial charge in [-0.2, -0.15) is 0 Å². The van der Waals surface area contributed by atoms with Crippen LogP contribution in [0.3, 0.4) is 0 Å². The third kappa shape index (κ3) is 5.02. The molecular weight excluding hydrogens is 168 g/mol. The van der Waals surface area contributed by atoms with E-state index in [0.29, 0.717) is 0 Å². The predicted octanol–water partition coefficient (Wildman–Crippen LogP) is 5.52. The largest absolute Gasteiger partial charge is 0.0776 e. The van der Waals surface area contributed by atoms with Gasteiger partial charge in [0.15, 0.2) is 0 Å². The lowest BCUT2D eigenvalue weighted by Gasteiger charge is -2.30. The Morgan fingerprint density at radius 2 is 1.50 bits per heavy atom. The first-order valence-corrected chi connectivity index (χ1v) is 5.74. The van der Waals surface area contributed by atoms with Gasteiger partial charge in [-0.15, -0.1) is 0 Å². The summed E-state index contributed by atoms with van der Waals surface area (Å²) in [7, 11) is 0. The summed E-state index contributed by atoms with van der Waals surface area (Å²) in [6.07, 6.45) is 8.89. The Balaban J connectivity index is 0. The first-order valence-electron chi connectivity index (χ1n) is 5.74. The van der Waals surface area contributed by atoms with E-state index in [9.17, 15) is 0 Å². The summed E-state index contributed by atoms with van der Waals surface area (Å²) in [4.78, 5) is 0. The first-order chi connectivity index (χ1) is 5.74. The average molecular weight is 200 g/mol. The molecular formula is C14H32. The monoisotopic (exact) mass is 200 g/mol. The van der Waals surface area contributed by atoms with Crippen molar-refractivity contribution in [2.24, 2.45) is 17.8 Å². The fourth-order valence-corrected chi connectivity index (χ4v) is 2.55. The molecule has 0 bridgehead atoms. The molecule has 0 N–H and O–H groups in total. The van der Waals surface area contributed by atoms with Gasteiger partial charge < -0.3 is 0 Å². The van der Waals surface area contributed by atoms with Crippen molar-refractivity contribution in [2.45, 2.75) is 74.1 Å². The van der Waals surface area contributed by atoms with E-state index in [1.54, 1.807) is 0 Å². The maximum Gasteiger partial charge on any atom is -0.0391 e. The highest BCUT2D eigenvalue weighted by atomic mass is 14.3. The second-order valence-corrected chi connectivity index (χ2v) is 4.81. The second kappa shape index (κ2) is 8.32. The van der Waals surface area contributed by atoms with E-state index >= 15 is 0 Å². The maximum absolute atomic E-state index is 2.38.